The second kappa shape index (κ2) is 8.16. The van der Waals surface area contributed by atoms with Gasteiger partial charge in [-0.25, -0.2) is 4.98 Å². The molecule has 1 N–H and O–H groups in total. The average Bonchev–Trinajstić information content (AvgIpc) is 3.25. The van der Waals surface area contributed by atoms with E-state index < -0.39 is 5.60 Å². The van der Waals surface area contributed by atoms with Gasteiger partial charge in [0.25, 0.3) is 11.4 Å². The summed E-state index contributed by atoms with van der Waals surface area (Å²) >= 11 is 6.58. The standard InChI is InChI=1S/C23H25ClN6O4/c1-33-23(7-8-23)22-26-20(27-34-22)17-19-21(32)29(11-10-28-9-3-4-14(31)12-28)18-15(24)5-2-6-16(18)30(19)13-25-17/h2,5-6,13-14,31H,3-4,7-12H2,1H3. The maximum Gasteiger partial charge on any atom is 0.277 e. The molecular formula is C23H25ClN6O4. The number of benzene rings is 1. The number of imidazole rings is 1. The van der Waals surface area contributed by atoms with Crippen molar-refractivity contribution in [3.05, 3.63) is 45.8 Å². The Hall–Kier alpha value is -2.79. The highest BCUT2D eigenvalue weighted by Gasteiger charge is 2.50. The van der Waals surface area contributed by atoms with E-state index in [-0.39, 0.29) is 17.5 Å². The lowest BCUT2D eigenvalue weighted by atomic mass is 10.1. The molecule has 11 heteroatoms. The normalized spacial score (nSPS) is 20.4. The van der Waals surface area contributed by atoms with Gasteiger partial charge in [0, 0.05) is 26.7 Å². The smallest absolute Gasteiger partial charge is 0.277 e. The predicted octanol–water partition coefficient (Wildman–Crippen LogP) is 2.44. The van der Waals surface area contributed by atoms with E-state index in [1.807, 2.05) is 12.1 Å². The van der Waals surface area contributed by atoms with E-state index in [1.54, 1.807) is 28.5 Å². The minimum Gasteiger partial charge on any atom is -0.392 e. The summed E-state index contributed by atoms with van der Waals surface area (Å²) in [5.74, 6) is 0.656. The molecule has 0 bridgehead atoms. The van der Waals surface area contributed by atoms with Crippen LogP contribution in [0.15, 0.2) is 33.8 Å². The SMILES string of the molecule is COC1(c2nc(-c3ncn4c3c(=O)n(CCN3CCCC(O)C3)c3c(Cl)cccc34)no2)CC1. The van der Waals surface area contributed by atoms with E-state index in [0.29, 0.717) is 47.3 Å². The van der Waals surface area contributed by atoms with Gasteiger partial charge in [0.1, 0.15) is 23.1 Å². The van der Waals surface area contributed by atoms with E-state index >= 15 is 0 Å². The fourth-order valence-electron chi connectivity index (χ4n) is 4.91. The highest BCUT2D eigenvalue weighted by molar-refractivity contribution is 6.35. The summed E-state index contributed by atoms with van der Waals surface area (Å²) in [6.45, 7) is 2.55. The molecule has 178 valence electrons. The lowest BCUT2D eigenvalue weighted by molar-refractivity contribution is 0.0492. The van der Waals surface area contributed by atoms with Crippen LogP contribution in [0.1, 0.15) is 31.6 Å². The van der Waals surface area contributed by atoms with Crippen molar-refractivity contribution >= 4 is 28.2 Å². The molecule has 1 aromatic carbocycles. The summed E-state index contributed by atoms with van der Waals surface area (Å²) in [5.41, 5.74) is 1.37. The second-order valence-electron chi connectivity index (χ2n) is 9.09. The van der Waals surface area contributed by atoms with Crippen LogP contribution in [0.3, 0.4) is 0 Å². The highest BCUT2D eigenvalue weighted by Crippen LogP contribution is 2.48. The van der Waals surface area contributed by atoms with Crippen LogP contribution in [0.2, 0.25) is 5.02 Å². The summed E-state index contributed by atoms with van der Waals surface area (Å²) < 4.78 is 14.4. The number of ether oxygens (including phenoxy) is 1. The fourth-order valence-corrected chi connectivity index (χ4v) is 5.18. The minimum atomic E-state index is -0.528. The van der Waals surface area contributed by atoms with Gasteiger partial charge in [0.2, 0.25) is 5.82 Å². The zero-order chi connectivity index (χ0) is 23.4. The van der Waals surface area contributed by atoms with Gasteiger partial charge in [-0.15, -0.1) is 0 Å². The number of methoxy groups -OCH3 is 1. The molecule has 1 unspecified atom stereocenters. The third-order valence-corrected chi connectivity index (χ3v) is 7.26. The Morgan fingerprint density at radius 2 is 2.15 bits per heavy atom. The van der Waals surface area contributed by atoms with Crippen LogP contribution in [0, 0.1) is 0 Å². The van der Waals surface area contributed by atoms with Crippen molar-refractivity contribution < 1.29 is 14.4 Å². The molecule has 1 atom stereocenters. The number of fused-ring (bicyclic) bond motifs is 3. The number of halogens is 1. The molecule has 4 aromatic rings. The molecule has 1 saturated heterocycles. The van der Waals surface area contributed by atoms with Gasteiger partial charge in [-0.3, -0.25) is 14.1 Å². The number of rotatable bonds is 6. The van der Waals surface area contributed by atoms with E-state index in [9.17, 15) is 9.90 Å². The Bertz CT molecular complexity index is 1440. The molecule has 6 rings (SSSR count). The number of para-hydroxylation sites is 1. The van der Waals surface area contributed by atoms with Crippen LogP contribution in [0.5, 0.6) is 0 Å². The molecule has 34 heavy (non-hydrogen) atoms. The van der Waals surface area contributed by atoms with E-state index in [4.69, 9.17) is 20.9 Å². The monoisotopic (exact) mass is 484 g/mol. The van der Waals surface area contributed by atoms with Gasteiger partial charge < -0.3 is 18.9 Å². The van der Waals surface area contributed by atoms with Crippen molar-refractivity contribution in [2.24, 2.45) is 0 Å². The first kappa shape index (κ1) is 21.7. The maximum absolute atomic E-state index is 13.8. The van der Waals surface area contributed by atoms with Gasteiger partial charge in [-0.2, -0.15) is 4.98 Å². The summed E-state index contributed by atoms with van der Waals surface area (Å²) in [6.07, 6.45) is 4.64. The number of aliphatic hydroxyl groups is 1. The highest BCUT2D eigenvalue weighted by atomic mass is 35.5. The Kier molecular flexibility index (Phi) is 5.21. The predicted molar refractivity (Wildman–Crippen MR) is 125 cm³/mol. The lowest BCUT2D eigenvalue weighted by Gasteiger charge is -2.30. The quantitative estimate of drug-likeness (QED) is 0.444. The van der Waals surface area contributed by atoms with Gasteiger partial charge in [0.15, 0.2) is 0 Å². The fraction of sp³-hybridized carbons (Fsp3) is 0.478. The third kappa shape index (κ3) is 3.44. The second-order valence-corrected chi connectivity index (χ2v) is 9.50. The zero-order valence-corrected chi connectivity index (χ0v) is 19.5. The molecule has 1 aliphatic carbocycles. The number of nitrogens with zero attached hydrogens (tertiary/aromatic N) is 6. The summed E-state index contributed by atoms with van der Waals surface area (Å²) in [6, 6.07) is 5.53. The number of likely N-dealkylation sites (tertiary alicyclic amines) is 1. The number of hydrogen-bond acceptors (Lipinski definition) is 8. The number of hydrogen-bond donors (Lipinski definition) is 1. The van der Waals surface area contributed by atoms with Crippen molar-refractivity contribution in [3.8, 4) is 11.5 Å². The van der Waals surface area contributed by atoms with Gasteiger partial charge in [-0.1, -0.05) is 22.8 Å². The van der Waals surface area contributed by atoms with Crippen molar-refractivity contribution in [3.63, 3.8) is 0 Å². The molecule has 1 aliphatic heterocycles. The summed E-state index contributed by atoms with van der Waals surface area (Å²) in [5, 5.41) is 14.6. The number of β-amino-alcohol motifs (C(OH)–C–C–N with tert-alkyl or cyclic N) is 1. The van der Waals surface area contributed by atoms with Crippen molar-refractivity contribution in [1.29, 1.82) is 0 Å². The third-order valence-electron chi connectivity index (χ3n) is 6.95. The van der Waals surface area contributed by atoms with Gasteiger partial charge in [-0.05, 0) is 44.4 Å². The molecule has 10 nitrogen and oxygen atoms in total. The van der Waals surface area contributed by atoms with Crippen LogP contribution >= 0.6 is 11.6 Å². The minimum absolute atomic E-state index is 0.232. The molecule has 1 saturated carbocycles. The first-order valence-electron chi connectivity index (χ1n) is 11.5. The Labute approximate surface area is 199 Å². The van der Waals surface area contributed by atoms with Gasteiger partial charge >= 0.3 is 0 Å². The molecule has 0 amide bonds. The molecule has 4 heterocycles. The Morgan fingerprint density at radius 3 is 2.91 bits per heavy atom. The van der Waals surface area contributed by atoms with Crippen LogP contribution in [-0.2, 0) is 16.9 Å². The topological polar surface area (TPSA) is 111 Å². The lowest BCUT2D eigenvalue weighted by Crippen LogP contribution is -2.41. The zero-order valence-electron chi connectivity index (χ0n) is 18.8. The largest absolute Gasteiger partial charge is 0.392 e. The average molecular weight is 485 g/mol. The summed E-state index contributed by atoms with van der Waals surface area (Å²) in [4.78, 5) is 25.0. The van der Waals surface area contributed by atoms with E-state index in [0.717, 1.165) is 37.7 Å². The molecule has 2 aliphatic rings. The molecule has 2 fully saturated rings. The van der Waals surface area contributed by atoms with Crippen molar-refractivity contribution in [1.82, 2.24) is 29.0 Å². The van der Waals surface area contributed by atoms with Crippen LogP contribution in [0.25, 0.3) is 28.1 Å². The van der Waals surface area contributed by atoms with E-state index in [2.05, 4.69) is 20.0 Å². The molecule has 0 radical (unpaired) electrons. The maximum atomic E-state index is 13.8. The number of piperidine rings is 1. The molecule has 3 aromatic heterocycles. The summed E-state index contributed by atoms with van der Waals surface area (Å²) in [7, 11) is 1.62. The van der Waals surface area contributed by atoms with Gasteiger partial charge in [0.05, 0.1) is 22.2 Å². The first-order chi connectivity index (χ1) is 16.5. The van der Waals surface area contributed by atoms with Crippen molar-refractivity contribution in [2.75, 3.05) is 26.7 Å². The van der Waals surface area contributed by atoms with Crippen LogP contribution < -0.4 is 5.56 Å². The molecular weight excluding hydrogens is 460 g/mol. The van der Waals surface area contributed by atoms with Crippen LogP contribution in [0.4, 0.5) is 0 Å². The Morgan fingerprint density at radius 1 is 1.29 bits per heavy atom. The Balaban J connectivity index is 1.47. The first-order valence-corrected chi connectivity index (χ1v) is 11.9. The number of aromatic nitrogens is 5. The van der Waals surface area contributed by atoms with E-state index in [1.165, 1.54) is 0 Å². The van der Waals surface area contributed by atoms with Crippen molar-refractivity contribution in [2.45, 2.75) is 43.9 Å². The molecule has 0 spiro atoms. The number of aliphatic hydroxyl groups excluding tert-OH is 1. The van der Waals surface area contributed by atoms with Crippen LogP contribution in [-0.4, -0.2) is 66.9 Å².